The third-order valence-corrected chi connectivity index (χ3v) is 7.10. The normalized spacial score (nSPS) is 17.6. The molecule has 8 heteroatoms. The summed E-state index contributed by atoms with van der Waals surface area (Å²) in [5.74, 6) is 0.331. The molecule has 2 saturated heterocycles. The highest BCUT2D eigenvalue weighted by molar-refractivity contribution is 6.10. The predicted molar refractivity (Wildman–Crippen MR) is 150 cm³/mol. The van der Waals surface area contributed by atoms with Gasteiger partial charge in [0.15, 0.2) is 0 Å². The van der Waals surface area contributed by atoms with E-state index in [1.54, 1.807) is 6.20 Å². The van der Waals surface area contributed by atoms with Crippen LogP contribution in [0.3, 0.4) is 0 Å². The molecule has 0 aliphatic carbocycles. The summed E-state index contributed by atoms with van der Waals surface area (Å²) >= 11 is 0. The van der Waals surface area contributed by atoms with Crippen LogP contribution in [-0.4, -0.2) is 93.0 Å². The molecule has 0 unspecified atom stereocenters. The van der Waals surface area contributed by atoms with Gasteiger partial charge in [-0.25, -0.2) is 4.98 Å². The lowest BCUT2D eigenvalue weighted by Crippen LogP contribution is -2.44. The molecule has 3 aromatic rings. The zero-order chi connectivity index (χ0) is 25.6. The SMILES string of the molecule is CN1CCN(c2cccc(C(=O)Nc3cc4cc(/C(C=N)=C\CN5CCOCC5)ccc4cn3)c2)CC1. The van der Waals surface area contributed by atoms with Crippen LogP contribution in [0.25, 0.3) is 16.3 Å². The van der Waals surface area contributed by atoms with Crippen LogP contribution in [0.15, 0.2) is 60.8 Å². The number of pyridine rings is 1. The van der Waals surface area contributed by atoms with E-state index in [4.69, 9.17) is 10.1 Å². The van der Waals surface area contributed by atoms with E-state index in [9.17, 15) is 4.79 Å². The van der Waals surface area contributed by atoms with Crippen molar-refractivity contribution in [2.45, 2.75) is 0 Å². The van der Waals surface area contributed by atoms with Gasteiger partial charge in [0, 0.05) is 74.9 Å². The molecule has 192 valence electrons. The number of ether oxygens (including phenoxy) is 1. The molecule has 0 radical (unpaired) electrons. The van der Waals surface area contributed by atoms with Crippen molar-refractivity contribution < 1.29 is 9.53 Å². The first kappa shape index (κ1) is 25.1. The van der Waals surface area contributed by atoms with Gasteiger partial charge in [0.1, 0.15) is 5.82 Å². The third kappa shape index (κ3) is 6.22. The Morgan fingerprint density at radius 1 is 1.00 bits per heavy atom. The quantitative estimate of drug-likeness (QED) is 0.484. The molecule has 37 heavy (non-hydrogen) atoms. The van der Waals surface area contributed by atoms with Gasteiger partial charge in [0.05, 0.1) is 13.2 Å². The lowest BCUT2D eigenvalue weighted by molar-refractivity contribution is 0.0435. The standard InChI is InChI=1S/C29H34N6O2/c1-33-9-11-35(12-10-33)27-4-2-3-23(18-27)29(36)32-28-19-26-17-22(5-6-25(26)21-31-28)24(20-30)7-8-34-13-15-37-16-14-34/h2-7,17-21,30H,8-16H2,1H3,(H,31,32,36)/b24-7-,30-20?. The van der Waals surface area contributed by atoms with Crippen molar-refractivity contribution in [3.05, 3.63) is 71.9 Å². The minimum absolute atomic E-state index is 0.176. The number of carbonyl (C=O) groups excluding carboxylic acids is 1. The van der Waals surface area contributed by atoms with Crippen LogP contribution in [0.4, 0.5) is 11.5 Å². The molecule has 0 bridgehead atoms. The van der Waals surface area contributed by atoms with Crippen LogP contribution >= 0.6 is 0 Å². The topological polar surface area (TPSA) is 84.8 Å². The molecular weight excluding hydrogens is 464 g/mol. The highest BCUT2D eigenvalue weighted by atomic mass is 16.5. The van der Waals surface area contributed by atoms with Crippen molar-refractivity contribution in [1.29, 1.82) is 5.41 Å². The third-order valence-electron chi connectivity index (χ3n) is 7.10. The van der Waals surface area contributed by atoms with Crippen LogP contribution in [0.2, 0.25) is 0 Å². The summed E-state index contributed by atoms with van der Waals surface area (Å²) in [5.41, 5.74) is 3.53. The Hall–Kier alpha value is -3.59. The number of anilines is 2. The fraction of sp³-hybridized carbons (Fsp3) is 0.345. The molecule has 2 N–H and O–H groups in total. The highest BCUT2D eigenvalue weighted by Crippen LogP contribution is 2.23. The molecule has 5 rings (SSSR count). The smallest absolute Gasteiger partial charge is 0.256 e. The number of piperazine rings is 1. The number of likely N-dealkylation sites (N-methyl/N-ethyl adjacent to an activating group) is 1. The number of aromatic nitrogens is 1. The van der Waals surface area contributed by atoms with Gasteiger partial charge < -0.3 is 25.3 Å². The molecule has 3 heterocycles. The summed E-state index contributed by atoms with van der Waals surface area (Å²) in [6, 6.07) is 15.8. The molecule has 1 amide bonds. The maximum Gasteiger partial charge on any atom is 0.256 e. The summed E-state index contributed by atoms with van der Waals surface area (Å²) < 4.78 is 5.42. The first-order valence-electron chi connectivity index (χ1n) is 12.8. The number of allylic oxidation sites excluding steroid dienone is 1. The van der Waals surface area contributed by atoms with Gasteiger partial charge in [-0.1, -0.05) is 24.3 Å². The summed E-state index contributed by atoms with van der Waals surface area (Å²) in [6.07, 6.45) is 5.27. The molecule has 1 aromatic heterocycles. The maximum atomic E-state index is 13.1. The van der Waals surface area contributed by atoms with E-state index in [1.807, 2.05) is 36.4 Å². The zero-order valence-electron chi connectivity index (χ0n) is 21.3. The Labute approximate surface area is 218 Å². The second-order valence-corrected chi connectivity index (χ2v) is 9.64. The molecule has 2 aromatic carbocycles. The van der Waals surface area contributed by atoms with Crippen molar-refractivity contribution >= 4 is 40.0 Å². The largest absolute Gasteiger partial charge is 0.379 e. The summed E-state index contributed by atoms with van der Waals surface area (Å²) in [6.45, 7) is 8.05. The first-order valence-corrected chi connectivity index (χ1v) is 12.8. The zero-order valence-corrected chi connectivity index (χ0v) is 21.3. The summed E-state index contributed by atoms with van der Waals surface area (Å²) in [4.78, 5) is 24.5. The van der Waals surface area contributed by atoms with E-state index in [2.05, 4.69) is 50.3 Å². The van der Waals surface area contributed by atoms with Crippen LogP contribution in [-0.2, 0) is 4.74 Å². The van der Waals surface area contributed by atoms with Crippen LogP contribution in [0, 0.1) is 5.41 Å². The molecule has 2 fully saturated rings. The van der Waals surface area contributed by atoms with Gasteiger partial charge >= 0.3 is 0 Å². The average Bonchev–Trinajstić information content (AvgIpc) is 2.94. The van der Waals surface area contributed by atoms with E-state index >= 15 is 0 Å². The van der Waals surface area contributed by atoms with Crippen LogP contribution < -0.4 is 10.2 Å². The number of nitrogens with one attached hydrogen (secondary N) is 2. The number of carbonyl (C=O) groups is 1. The first-order chi connectivity index (χ1) is 18.1. The number of rotatable bonds is 7. The second-order valence-electron chi connectivity index (χ2n) is 9.64. The molecule has 0 spiro atoms. The maximum absolute atomic E-state index is 13.1. The van der Waals surface area contributed by atoms with E-state index in [-0.39, 0.29) is 5.91 Å². The molecule has 2 aliphatic rings. The van der Waals surface area contributed by atoms with Gasteiger partial charge in [-0.2, -0.15) is 0 Å². The lowest BCUT2D eigenvalue weighted by atomic mass is 10.0. The van der Waals surface area contributed by atoms with Crippen molar-refractivity contribution in [3.8, 4) is 0 Å². The Morgan fingerprint density at radius 2 is 1.81 bits per heavy atom. The van der Waals surface area contributed by atoms with Crippen molar-refractivity contribution in [2.24, 2.45) is 0 Å². The monoisotopic (exact) mass is 498 g/mol. The minimum Gasteiger partial charge on any atom is -0.379 e. The number of hydrogen-bond donors (Lipinski definition) is 2. The Morgan fingerprint density at radius 3 is 2.59 bits per heavy atom. The molecule has 8 nitrogen and oxygen atoms in total. The molecular formula is C29H34N6O2. The van der Waals surface area contributed by atoms with Crippen LogP contribution in [0.1, 0.15) is 15.9 Å². The van der Waals surface area contributed by atoms with Crippen molar-refractivity contribution in [1.82, 2.24) is 14.8 Å². The van der Waals surface area contributed by atoms with E-state index in [0.717, 1.165) is 86.6 Å². The summed E-state index contributed by atoms with van der Waals surface area (Å²) in [7, 11) is 2.13. The van der Waals surface area contributed by atoms with Gasteiger partial charge in [0.2, 0.25) is 0 Å². The number of morpholine rings is 1. The number of nitrogens with zero attached hydrogens (tertiary/aromatic N) is 4. The van der Waals surface area contributed by atoms with Gasteiger partial charge in [-0.3, -0.25) is 9.69 Å². The van der Waals surface area contributed by atoms with Crippen molar-refractivity contribution in [3.63, 3.8) is 0 Å². The van der Waals surface area contributed by atoms with Gasteiger partial charge in [0.25, 0.3) is 5.91 Å². The number of hydrogen-bond acceptors (Lipinski definition) is 7. The van der Waals surface area contributed by atoms with Gasteiger partial charge in [-0.15, -0.1) is 0 Å². The summed E-state index contributed by atoms with van der Waals surface area (Å²) in [5, 5.41) is 12.9. The average molecular weight is 499 g/mol. The number of benzene rings is 2. The van der Waals surface area contributed by atoms with Crippen LogP contribution in [0.5, 0.6) is 0 Å². The molecule has 2 aliphatic heterocycles. The predicted octanol–water partition coefficient (Wildman–Crippen LogP) is 3.60. The fourth-order valence-electron chi connectivity index (χ4n) is 4.76. The van der Waals surface area contributed by atoms with E-state index < -0.39 is 0 Å². The Kier molecular flexibility index (Phi) is 7.89. The minimum atomic E-state index is -0.176. The molecule has 0 saturated carbocycles. The Bertz CT molecular complexity index is 1290. The Balaban J connectivity index is 1.30. The van der Waals surface area contributed by atoms with E-state index in [1.165, 1.54) is 6.21 Å². The number of amides is 1. The van der Waals surface area contributed by atoms with Gasteiger partial charge in [-0.05, 0) is 53.9 Å². The lowest BCUT2D eigenvalue weighted by Gasteiger charge is -2.34. The second kappa shape index (κ2) is 11.6. The van der Waals surface area contributed by atoms with Crippen molar-refractivity contribution in [2.75, 3.05) is 76.3 Å². The highest BCUT2D eigenvalue weighted by Gasteiger charge is 2.16. The fourth-order valence-corrected chi connectivity index (χ4v) is 4.76. The van der Waals surface area contributed by atoms with E-state index in [0.29, 0.717) is 11.4 Å². The molecule has 0 atom stereocenters. The number of fused-ring (bicyclic) bond motifs is 1.